The minimum Gasteiger partial charge on any atom is -0.342 e. The summed E-state index contributed by atoms with van der Waals surface area (Å²) < 4.78 is 0. The average Bonchev–Trinajstić information content (AvgIpc) is 2.68. The van der Waals surface area contributed by atoms with Crippen molar-refractivity contribution in [2.75, 3.05) is 19.6 Å². The quantitative estimate of drug-likeness (QED) is 0.711. The molecule has 1 heterocycles. The van der Waals surface area contributed by atoms with Gasteiger partial charge in [0.2, 0.25) is 5.91 Å². The van der Waals surface area contributed by atoms with Crippen LogP contribution in [-0.2, 0) is 4.79 Å². The van der Waals surface area contributed by atoms with Crippen LogP contribution in [0.4, 0.5) is 0 Å². The summed E-state index contributed by atoms with van der Waals surface area (Å²) in [6, 6.07) is 0. The Labute approximate surface area is 80.3 Å². The maximum atomic E-state index is 12.0. The van der Waals surface area contributed by atoms with Crippen molar-refractivity contribution in [3.63, 3.8) is 0 Å². The zero-order valence-electron chi connectivity index (χ0n) is 8.68. The van der Waals surface area contributed by atoms with E-state index in [4.69, 9.17) is 5.73 Å². The molecule has 1 aliphatic heterocycles. The zero-order chi connectivity index (χ0) is 9.90. The van der Waals surface area contributed by atoms with Gasteiger partial charge in [0, 0.05) is 19.6 Å². The van der Waals surface area contributed by atoms with E-state index in [2.05, 4.69) is 0 Å². The van der Waals surface area contributed by atoms with E-state index in [1.54, 1.807) is 0 Å². The first-order chi connectivity index (χ1) is 6.14. The summed E-state index contributed by atoms with van der Waals surface area (Å²) in [6.07, 6.45) is 3.13. The molecule has 1 amide bonds. The van der Waals surface area contributed by atoms with Gasteiger partial charge in [0.25, 0.3) is 0 Å². The Kier molecular flexibility index (Phi) is 3.31. The van der Waals surface area contributed by atoms with Gasteiger partial charge < -0.3 is 10.6 Å². The average molecular weight is 184 g/mol. The largest absolute Gasteiger partial charge is 0.342 e. The molecule has 1 fully saturated rings. The van der Waals surface area contributed by atoms with Crippen LogP contribution >= 0.6 is 0 Å². The minimum atomic E-state index is -0.329. The highest BCUT2D eigenvalue weighted by Gasteiger charge is 2.34. The van der Waals surface area contributed by atoms with Crippen molar-refractivity contribution in [3.8, 4) is 0 Å². The molecular weight excluding hydrogens is 164 g/mol. The molecule has 1 atom stereocenters. The van der Waals surface area contributed by atoms with Gasteiger partial charge in [-0.25, -0.2) is 0 Å². The van der Waals surface area contributed by atoms with E-state index in [1.807, 2.05) is 18.7 Å². The number of nitrogens with zero attached hydrogens (tertiary/aromatic N) is 1. The molecule has 2 N–H and O–H groups in total. The number of hydrogen-bond acceptors (Lipinski definition) is 2. The molecule has 1 saturated heterocycles. The summed E-state index contributed by atoms with van der Waals surface area (Å²) >= 11 is 0. The molecule has 0 spiro atoms. The predicted molar refractivity (Wildman–Crippen MR) is 53.3 cm³/mol. The summed E-state index contributed by atoms with van der Waals surface area (Å²) in [5, 5.41) is 0. The first-order valence-electron chi connectivity index (χ1n) is 5.13. The zero-order valence-corrected chi connectivity index (χ0v) is 8.68. The van der Waals surface area contributed by atoms with Crippen molar-refractivity contribution in [1.29, 1.82) is 0 Å². The first-order valence-corrected chi connectivity index (χ1v) is 5.13. The molecular formula is C10H20N2O. The number of hydrogen-bond donors (Lipinski definition) is 1. The van der Waals surface area contributed by atoms with Gasteiger partial charge in [0.1, 0.15) is 0 Å². The fraction of sp³-hybridized carbons (Fsp3) is 0.900. The Hall–Kier alpha value is -0.570. The summed E-state index contributed by atoms with van der Waals surface area (Å²) in [5.74, 6) is 0.245. The normalized spacial score (nSPS) is 21.6. The second-order valence-corrected chi connectivity index (χ2v) is 4.12. The van der Waals surface area contributed by atoms with Crippen molar-refractivity contribution in [2.24, 2.45) is 11.1 Å². The molecule has 0 aliphatic carbocycles. The van der Waals surface area contributed by atoms with Crippen LogP contribution in [0.3, 0.4) is 0 Å². The fourth-order valence-corrected chi connectivity index (χ4v) is 1.68. The molecule has 0 aromatic heterocycles. The SMILES string of the molecule is CCC(C)(CN)C(=O)N1CCCC1. The predicted octanol–water partition coefficient (Wildman–Crippen LogP) is 0.984. The van der Waals surface area contributed by atoms with Crippen LogP contribution in [-0.4, -0.2) is 30.4 Å². The van der Waals surface area contributed by atoms with Gasteiger partial charge in [-0.2, -0.15) is 0 Å². The lowest BCUT2D eigenvalue weighted by molar-refractivity contribution is -0.139. The van der Waals surface area contributed by atoms with Gasteiger partial charge in [0.15, 0.2) is 0 Å². The summed E-state index contributed by atoms with van der Waals surface area (Å²) in [5.41, 5.74) is 5.31. The van der Waals surface area contributed by atoms with Crippen molar-refractivity contribution < 1.29 is 4.79 Å². The molecule has 3 nitrogen and oxygen atoms in total. The highest BCUT2D eigenvalue weighted by Crippen LogP contribution is 2.24. The van der Waals surface area contributed by atoms with Gasteiger partial charge in [-0.15, -0.1) is 0 Å². The first kappa shape index (κ1) is 10.5. The molecule has 13 heavy (non-hydrogen) atoms. The van der Waals surface area contributed by atoms with Crippen molar-refractivity contribution in [2.45, 2.75) is 33.1 Å². The van der Waals surface area contributed by atoms with E-state index in [0.717, 1.165) is 32.4 Å². The van der Waals surface area contributed by atoms with Crippen molar-refractivity contribution in [1.82, 2.24) is 4.90 Å². The lowest BCUT2D eigenvalue weighted by Gasteiger charge is -2.30. The summed E-state index contributed by atoms with van der Waals surface area (Å²) in [6.45, 7) is 6.30. The van der Waals surface area contributed by atoms with Gasteiger partial charge in [-0.1, -0.05) is 6.92 Å². The van der Waals surface area contributed by atoms with Gasteiger partial charge in [-0.05, 0) is 26.2 Å². The molecule has 0 aromatic rings. The van der Waals surface area contributed by atoms with Crippen LogP contribution in [0.2, 0.25) is 0 Å². The Balaban J connectivity index is 2.63. The summed E-state index contributed by atoms with van der Waals surface area (Å²) in [7, 11) is 0. The Morgan fingerprint density at radius 3 is 2.38 bits per heavy atom. The van der Waals surface area contributed by atoms with E-state index in [0.29, 0.717) is 6.54 Å². The van der Waals surface area contributed by atoms with Gasteiger partial charge in [-0.3, -0.25) is 4.79 Å². The van der Waals surface area contributed by atoms with Crippen molar-refractivity contribution in [3.05, 3.63) is 0 Å². The monoisotopic (exact) mass is 184 g/mol. The lowest BCUT2D eigenvalue weighted by atomic mass is 9.86. The van der Waals surface area contributed by atoms with E-state index >= 15 is 0 Å². The van der Waals surface area contributed by atoms with Crippen LogP contribution in [0.25, 0.3) is 0 Å². The van der Waals surface area contributed by atoms with Gasteiger partial charge >= 0.3 is 0 Å². The number of likely N-dealkylation sites (tertiary alicyclic amines) is 1. The number of nitrogens with two attached hydrogens (primary N) is 1. The maximum Gasteiger partial charge on any atom is 0.229 e. The minimum absolute atomic E-state index is 0.245. The number of carbonyl (C=O) groups excluding carboxylic acids is 1. The second kappa shape index (κ2) is 4.09. The molecule has 3 heteroatoms. The van der Waals surface area contributed by atoms with Crippen molar-refractivity contribution >= 4 is 5.91 Å². The highest BCUT2D eigenvalue weighted by atomic mass is 16.2. The Morgan fingerprint density at radius 1 is 1.46 bits per heavy atom. The van der Waals surface area contributed by atoms with Crippen LogP contribution in [0.5, 0.6) is 0 Å². The van der Waals surface area contributed by atoms with E-state index in [-0.39, 0.29) is 11.3 Å². The Bertz CT molecular complexity index is 181. The van der Waals surface area contributed by atoms with Crippen LogP contribution in [0, 0.1) is 5.41 Å². The standard InChI is InChI=1S/C10H20N2O/c1-3-10(2,8-11)9(13)12-6-4-5-7-12/h3-8,11H2,1-2H3. The van der Waals surface area contributed by atoms with E-state index < -0.39 is 0 Å². The number of rotatable bonds is 3. The maximum absolute atomic E-state index is 12.0. The molecule has 0 saturated carbocycles. The van der Waals surface area contributed by atoms with Crippen LogP contribution in [0.1, 0.15) is 33.1 Å². The smallest absolute Gasteiger partial charge is 0.229 e. The fourth-order valence-electron chi connectivity index (χ4n) is 1.68. The number of amides is 1. The second-order valence-electron chi connectivity index (χ2n) is 4.12. The van der Waals surface area contributed by atoms with E-state index in [9.17, 15) is 4.79 Å². The number of carbonyl (C=O) groups is 1. The van der Waals surface area contributed by atoms with Crippen LogP contribution < -0.4 is 5.73 Å². The molecule has 0 bridgehead atoms. The summed E-state index contributed by atoms with van der Waals surface area (Å²) in [4.78, 5) is 13.9. The Morgan fingerprint density at radius 2 is 2.00 bits per heavy atom. The van der Waals surface area contributed by atoms with E-state index in [1.165, 1.54) is 0 Å². The lowest BCUT2D eigenvalue weighted by Crippen LogP contribution is -2.44. The molecule has 0 radical (unpaired) electrons. The third-order valence-electron chi connectivity index (χ3n) is 3.14. The van der Waals surface area contributed by atoms with Gasteiger partial charge in [0.05, 0.1) is 5.41 Å². The molecule has 76 valence electrons. The molecule has 1 aliphatic rings. The third-order valence-corrected chi connectivity index (χ3v) is 3.14. The molecule has 1 rings (SSSR count). The molecule has 0 aromatic carbocycles. The third kappa shape index (κ3) is 2.02. The molecule has 1 unspecified atom stereocenters. The highest BCUT2D eigenvalue weighted by molar-refractivity contribution is 5.82. The van der Waals surface area contributed by atoms with Crippen LogP contribution in [0.15, 0.2) is 0 Å². The topological polar surface area (TPSA) is 46.3 Å².